The van der Waals surface area contributed by atoms with Crippen LogP contribution in [-0.2, 0) is 19.6 Å². The van der Waals surface area contributed by atoms with Crippen LogP contribution in [0.3, 0.4) is 0 Å². The summed E-state index contributed by atoms with van der Waals surface area (Å²) in [4.78, 5) is 10.3. The van der Waals surface area contributed by atoms with Gasteiger partial charge in [-0.3, -0.25) is 4.57 Å². The summed E-state index contributed by atoms with van der Waals surface area (Å²) in [6, 6.07) is 5.04. The van der Waals surface area contributed by atoms with Crippen molar-refractivity contribution in [2.75, 3.05) is 25.9 Å². The molecule has 0 aliphatic heterocycles. The zero-order chi connectivity index (χ0) is 16.8. The first-order valence-corrected chi connectivity index (χ1v) is 9.31. The molecule has 0 aromatic heterocycles. The number of hydrogen-bond donors (Lipinski definition) is 3. The quantitative estimate of drug-likeness (QED) is 0.410. The molecular weight excluding hydrogens is 408 g/mol. The smallest absolute Gasteiger partial charge is 0.258 e. The summed E-state index contributed by atoms with van der Waals surface area (Å²) in [5.74, 6) is 0. The van der Waals surface area contributed by atoms with Crippen molar-refractivity contribution < 1.29 is 24.0 Å². The molecule has 2 atom stereocenters. The van der Waals surface area contributed by atoms with E-state index in [-0.39, 0.29) is 36.7 Å². The standard InChI is InChI=1S/C14H23ClNO5P.BrH/c1-3-20-13(21-4-2)22(18,19)10-14(17,9-16)11-5-7-12(15)8-6-11;/h5-8,13,17H,3-4,9-10,16H2,1-2H3,(H,18,19);1H. The lowest BCUT2D eigenvalue weighted by molar-refractivity contribution is -0.0887. The van der Waals surface area contributed by atoms with Gasteiger partial charge in [0, 0.05) is 24.8 Å². The molecule has 0 amide bonds. The van der Waals surface area contributed by atoms with Gasteiger partial charge in [-0.15, -0.1) is 17.0 Å². The average molecular weight is 433 g/mol. The molecule has 6 nitrogen and oxygen atoms in total. The fourth-order valence-electron chi connectivity index (χ4n) is 2.05. The Morgan fingerprint density at radius 3 is 2.13 bits per heavy atom. The van der Waals surface area contributed by atoms with Crippen LogP contribution in [0.4, 0.5) is 0 Å². The van der Waals surface area contributed by atoms with E-state index in [4.69, 9.17) is 26.8 Å². The second-order valence-corrected chi connectivity index (χ2v) is 7.56. The van der Waals surface area contributed by atoms with Crippen LogP contribution in [0.5, 0.6) is 0 Å². The number of benzene rings is 1. The van der Waals surface area contributed by atoms with E-state index in [0.717, 1.165) is 0 Å². The second-order valence-electron chi connectivity index (χ2n) is 4.87. The zero-order valence-electron chi connectivity index (χ0n) is 13.1. The van der Waals surface area contributed by atoms with Crippen molar-refractivity contribution in [2.45, 2.75) is 25.5 Å². The molecule has 0 fully saturated rings. The predicted molar refractivity (Wildman–Crippen MR) is 96.5 cm³/mol. The highest BCUT2D eigenvalue weighted by atomic mass is 79.9. The molecule has 0 bridgehead atoms. The van der Waals surface area contributed by atoms with Crippen molar-refractivity contribution in [2.24, 2.45) is 5.73 Å². The van der Waals surface area contributed by atoms with Crippen LogP contribution in [-0.4, -0.2) is 42.0 Å². The van der Waals surface area contributed by atoms with E-state index in [0.29, 0.717) is 10.6 Å². The van der Waals surface area contributed by atoms with Gasteiger partial charge in [-0.1, -0.05) is 23.7 Å². The maximum Gasteiger partial charge on any atom is 0.258 e. The van der Waals surface area contributed by atoms with Gasteiger partial charge < -0.3 is 25.2 Å². The van der Waals surface area contributed by atoms with E-state index in [1.165, 1.54) is 0 Å². The Morgan fingerprint density at radius 1 is 1.26 bits per heavy atom. The molecule has 1 rings (SSSR count). The van der Waals surface area contributed by atoms with Crippen LogP contribution in [0, 0.1) is 0 Å². The van der Waals surface area contributed by atoms with Gasteiger partial charge in [-0.05, 0) is 31.5 Å². The van der Waals surface area contributed by atoms with E-state index in [9.17, 15) is 14.6 Å². The fraction of sp³-hybridized carbons (Fsp3) is 0.571. The van der Waals surface area contributed by atoms with Crippen LogP contribution in [0.25, 0.3) is 0 Å². The summed E-state index contributed by atoms with van der Waals surface area (Å²) in [6.07, 6.45) is -0.469. The van der Waals surface area contributed by atoms with Crippen molar-refractivity contribution in [3.8, 4) is 0 Å². The molecule has 0 saturated heterocycles. The van der Waals surface area contributed by atoms with Gasteiger partial charge in [0.15, 0.2) is 0 Å². The van der Waals surface area contributed by atoms with E-state index in [1.807, 2.05) is 0 Å². The molecular formula is C14H24BrClNO5P. The van der Waals surface area contributed by atoms with Crippen molar-refractivity contribution in [1.82, 2.24) is 0 Å². The first-order valence-electron chi connectivity index (χ1n) is 7.02. The SMILES string of the molecule is Br.CCOC(OCC)P(=O)(O)CC(O)(CN)c1ccc(Cl)cc1. The Labute approximate surface area is 152 Å². The summed E-state index contributed by atoms with van der Waals surface area (Å²) in [7, 11) is -3.96. The topological polar surface area (TPSA) is 102 Å². The maximum absolute atomic E-state index is 12.6. The molecule has 9 heteroatoms. The fourth-order valence-corrected chi connectivity index (χ4v) is 4.15. The Kier molecular flexibility index (Phi) is 10.1. The molecule has 0 aliphatic rings. The minimum absolute atomic E-state index is 0. The Balaban J connectivity index is 0.00000484. The first kappa shape index (κ1) is 23.0. The zero-order valence-corrected chi connectivity index (χ0v) is 16.5. The first-order chi connectivity index (χ1) is 10.3. The molecule has 0 saturated carbocycles. The van der Waals surface area contributed by atoms with Crippen LogP contribution < -0.4 is 5.73 Å². The van der Waals surface area contributed by atoms with Gasteiger partial charge in [0.2, 0.25) is 6.03 Å². The van der Waals surface area contributed by atoms with Gasteiger partial charge in [0.25, 0.3) is 7.37 Å². The summed E-state index contributed by atoms with van der Waals surface area (Å²) in [5, 5.41) is 11.2. The van der Waals surface area contributed by atoms with Gasteiger partial charge in [0.1, 0.15) is 5.60 Å². The summed E-state index contributed by atoms with van der Waals surface area (Å²) in [6.45, 7) is 3.61. The largest absolute Gasteiger partial charge is 0.383 e. The highest BCUT2D eigenvalue weighted by Crippen LogP contribution is 2.51. The highest BCUT2D eigenvalue weighted by molar-refractivity contribution is 8.93. The number of hydrogen-bond acceptors (Lipinski definition) is 5. The van der Waals surface area contributed by atoms with Gasteiger partial charge in [-0.2, -0.15) is 0 Å². The lowest BCUT2D eigenvalue weighted by Crippen LogP contribution is -2.40. The Morgan fingerprint density at radius 2 is 1.74 bits per heavy atom. The lowest BCUT2D eigenvalue weighted by atomic mass is 9.96. The van der Waals surface area contributed by atoms with Gasteiger partial charge in [0.05, 0.1) is 6.16 Å². The normalized spacial score (nSPS) is 16.5. The monoisotopic (exact) mass is 431 g/mol. The molecule has 23 heavy (non-hydrogen) atoms. The molecule has 134 valence electrons. The second kappa shape index (κ2) is 10.1. The molecule has 2 unspecified atom stereocenters. The molecule has 0 aliphatic carbocycles. The third-order valence-corrected chi connectivity index (χ3v) is 5.34. The number of rotatable bonds is 9. The molecule has 0 spiro atoms. The minimum atomic E-state index is -3.96. The third kappa shape index (κ3) is 6.44. The van der Waals surface area contributed by atoms with E-state index in [1.54, 1.807) is 38.1 Å². The number of ether oxygens (including phenoxy) is 2. The highest BCUT2D eigenvalue weighted by Gasteiger charge is 2.42. The molecule has 1 aromatic carbocycles. The average Bonchev–Trinajstić information content (AvgIpc) is 2.47. The lowest BCUT2D eigenvalue weighted by Gasteiger charge is -2.32. The number of nitrogens with two attached hydrogens (primary N) is 1. The van der Waals surface area contributed by atoms with Crippen LogP contribution in [0.1, 0.15) is 19.4 Å². The summed E-state index contributed by atoms with van der Waals surface area (Å²) in [5.41, 5.74) is 4.39. The van der Waals surface area contributed by atoms with E-state index >= 15 is 0 Å². The van der Waals surface area contributed by atoms with Crippen LogP contribution in [0.2, 0.25) is 5.02 Å². The Hall–Kier alpha value is 0.0200. The predicted octanol–water partition coefficient (Wildman–Crippen LogP) is 2.69. The molecule has 4 N–H and O–H groups in total. The third-order valence-electron chi connectivity index (χ3n) is 3.16. The van der Waals surface area contributed by atoms with Crippen LogP contribution in [0.15, 0.2) is 24.3 Å². The maximum atomic E-state index is 12.6. The van der Waals surface area contributed by atoms with Crippen molar-refractivity contribution >= 4 is 36.0 Å². The van der Waals surface area contributed by atoms with E-state index in [2.05, 4.69) is 0 Å². The van der Waals surface area contributed by atoms with Gasteiger partial charge >= 0.3 is 0 Å². The summed E-state index contributed by atoms with van der Waals surface area (Å²) >= 11 is 5.81. The van der Waals surface area contributed by atoms with Crippen molar-refractivity contribution in [3.05, 3.63) is 34.9 Å². The Bertz CT molecular complexity index is 512. The molecule has 0 heterocycles. The van der Waals surface area contributed by atoms with Crippen molar-refractivity contribution in [3.63, 3.8) is 0 Å². The van der Waals surface area contributed by atoms with Gasteiger partial charge in [-0.25, -0.2) is 0 Å². The van der Waals surface area contributed by atoms with Crippen molar-refractivity contribution in [1.29, 1.82) is 0 Å². The molecule has 0 radical (unpaired) electrons. The summed E-state index contributed by atoms with van der Waals surface area (Å²) < 4.78 is 22.9. The minimum Gasteiger partial charge on any atom is -0.383 e. The van der Waals surface area contributed by atoms with Crippen LogP contribution >= 0.6 is 36.0 Å². The number of halogens is 2. The molecule has 1 aromatic rings. The van der Waals surface area contributed by atoms with E-state index < -0.39 is 25.2 Å². The number of aliphatic hydroxyl groups is 1.